The Morgan fingerprint density at radius 2 is 1.97 bits per heavy atom. The number of amides is 2. The number of esters is 1. The molecular weight excluding hydrogens is 482 g/mol. The molecule has 2 atom stereocenters. The molecule has 0 radical (unpaired) electrons. The fourth-order valence-corrected chi connectivity index (χ4v) is 4.75. The number of halogens is 1. The lowest BCUT2D eigenvalue weighted by atomic mass is 9.98. The van der Waals surface area contributed by atoms with E-state index >= 15 is 0 Å². The van der Waals surface area contributed by atoms with Gasteiger partial charge in [-0.25, -0.2) is 4.79 Å². The standard InChI is InChI=1S/C23H27N3O4S2.ClH/c1-30-23(29)19(10-11-31-2)26-21(27)17-9-8-16(25-22(28)20-13-32-14-24-20)12-18(17)15-6-4-3-5-7-15;/h3-9,12,19-20,24H,10-11,13-14H2,1-2H3,(H,25,28)(H,26,27);1H/t19?,20-;/m0./s1. The van der Waals surface area contributed by atoms with Crippen LogP contribution in [0.15, 0.2) is 48.5 Å². The van der Waals surface area contributed by atoms with Gasteiger partial charge in [-0.3, -0.25) is 14.9 Å². The maximum Gasteiger partial charge on any atom is 0.328 e. The van der Waals surface area contributed by atoms with Crippen molar-refractivity contribution in [3.05, 3.63) is 54.1 Å². The molecule has 1 aliphatic rings. The molecule has 1 heterocycles. The molecule has 2 aromatic rings. The quantitative estimate of drug-likeness (QED) is 0.446. The number of hydrogen-bond donors (Lipinski definition) is 3. The van der Waals surface area contributed by atoms with Crippen LogP contribution in [0.5, 0.6) is 0 Å². The lowest BCUT2D eigenvalue weighted by molar-refractivity contribution is -0.142. The Balaban J connectivity index is 0.00000385. The molecule has 0 saturated carbocycles. The molecule has 1 aliphatic heterocycles. The third kappa shape index (κ3) is 7.40. The Hall–Kier alpha value is -2.20. The molecular formula is C23H28ClN3O4S2. The highest BCUT2D eigenvalue weighted by atomic mass is 35.5. The highest BCUT2D eigenvalue weighted by molar-refractivity contribution is 7.99. The SMILES string of the molecule is COC(=O)C(CCSC)NC(=O)c1ccc(NC(=O)[C@@H]2CSCN2)cc1-c1ccccc1.Cl. The molecule has 1 unspecified atom stereocenters. The predicted molar refractivity (Wildman–Crippen MR) is 138 cm³/mol. The number of thioether (sulfide) groups is 2. The van der Waals surface area contributed by atoms with Crippen molar-refractivity contribution in [1.82, 2.24) is 10.6 Å². The molecule has 3 N–H and O–H groups in total. The van der Waals surface area contributed by atoms with Gasteiger partial charge in [0.15, 0.2) is 0 Å². The summed E-state index contributed by atoms with van der Waals surface area (Å²) in [6, 6.07) is 13.7. The molecule has 0 bridgehead atoms. The number of benzene rings is 2. The monoisotopic (exact) mass is 509 g/mol. The highest BCUT2D eigenvalue weighted by Crippen LogP contribution is 2.28. The van der Waals surface area contributed by atoms with E-state index in [4.69, 9.17) is 4.74 Å². The summed E-state index contributed by atoms with van der Waals surface area (Å²) < 4.78 is 4.85. The summed E-state index contributed by atoms with van der Waals surface area (Å²) in [5.74, 6) is 1.25. The molecule has 3 rings (SSSR count). The van der Waals surface area contributed by atoms with E-state index in [2.05, 4.69) is 16.0 Å². The first-order valence-electron chi connectivity index (χ1n) is 10.2. The zero-order chi connectivity index (χ0) is 22.9. The van der Waals surface area contributed by atoms with Crippen LogP contribution in [0.2, 0.25) is 0 Å². The van der Waals surface area contributed by atoms with Crippen LogP contribution in [0, 0.1) is 0 Å². The van der Waals surface area contributed by atoms with Gasteiger partial charge in [-0.2, -0.15) is 11.8 Å². The topological polar surface area (TPSA) is 96.5 Å². The van der Waals surface area contributed by atoms with Gasteiger partial charge in [0.2, 0.25) is 5.91 Å². The van der Waals surface area contributed by atoms with Crippen LogP contribution in [0.1, 0.15) is 16.8 Å². The summed E-state index contributed by atoms with van der Waals surface area (Å²) in [5.41, 5.74) is 2.53. The second kappa shape index (κ2) is 13.5. The average Bonchev–Trinajstić information content (AvgIpc) is 3.37. The average molecular weight is 510 g/mol. The fourth-order valence-electron chi connectivity index (χ4n) is 3.33. The minimum Gasteiger partial charge on any atom is -0.467 e. The lowest BCUT2D eigenvalue weighted by Crippen LogP contribution is -2.42. The van der Waals surface area contributed by atoms with Crippen LogP contribution in [0.4, 0.5) is 5.69 Å². The smallest absolute Gasteiger partial charge is 0.328 e. The van der Waals surface area contributed by atoms with Crippen LogP contribution in [0.25, 0.3) is 11.1 Å². The third-order valence-corrected chi connectivity index (χ3v) is 6.63. The van der Waals surface area contributed by atoms with Gasteiger partial charge in [-0.1, -0.05) is 30.3 Å². The van der Waals surface area contributed by atoms with Gasteiger partial charge >= 0.3 is 5.97 Å². The van der Waals surface area contributed by atoms with E-state index in [1.807, 2.05) is 36.6 Å². The maximum absolute atomic E-state index is 13.1. The molecule has 1 fully saturated rings. The lowest BCUT2D eigenvalue weighted by Gasteiger charge is -2.18. The second-order valence-corrected chi connectivity index (χ2v) is 9.23. The van der Waals surface area contributed by atoms with Crippen LogP contribution in [0.3, 0.4) is 0 Å². The number of carbonyl (C=O) groups is 3. The van der Waals surface area contributed by atoms with E-state index < -0.39 is 12.0 Å². The van der Waals surface area contributed by atoms with E-state index in [0.717, 1.165) is 17.2 Å². The van der Waals surface area contributed by atoms with E-state index in [1.165, 1.54) is 7.11 Å². The van der Waals surface area contributed by atoms with Crippen molar-refractivity contribution in [3.8, 4) is 11.1 Å². The number of anilines is 1. The number of hydrogen-bond acceptors (Lipinski definition) is 7. The largest absolute Gasteiger partial charge is 0.467 e. The van der Waals surface area contributed by atoms with Gasteiger partial charge in [0.05, 0.1) is 13.2 Å². The first kappa shape index (κ1) is 27.0. The zero-order valence-electron chi connectivity index (χ0n) is 18.5. The van der Waals surface area contributed by atoms with Crippen molar-refractivity contribution in [2.24, 2.45) is 0 Å². The maximum atomic E-state index is 13.1. The van der Waals surface area contributed by atoms with Crippen molar-refractivity contribution in [2.45, 2.75) is 18.5 Å². The van der Waals surface area contributed by atoms with Crippen molar-refractivity contribution >= 4 is 59.4 Å². The van der Waals surface area contributed by atoms with Gasteiger partial charge in [0, 0.05) is 22.9 Å². The molecule has 33 heavy (non-hydrogen) atoms. The van der Waals surface area contributed by atoms with Crippen LogP contribution >= 0.6 is 35.9 Å². The van der Waals surface area contributed by atoms with Crippen molar-refractivity contribution in [1.29, 1.82) is 0 Å². The molecule has 7 nitrogen and oxygen atoms in total. The van der Waals surface area contributed by atoms with Gasteiger partial charge in [0.1, 0.15) is 6.04 Å². The first-order chi connectivity index (χ1) is 15.5. The third-order valence-electron chi connectivity index (χ3n) is 5.05. The Kier molecular flexibility index (Phi) is 11.1. The summed E-state index contributed by atoms with van der Waals surface area (Å²) in [6.45, 7) is 0. The number of nitrogens with one attached hydrogen (secondary N) is 3. The number of rotatable bonds is 9. The van der Waals surface area contributed by atoms with Crippen molar-refractivity contribution in [2.75, 3.05) is 36.1 Å². The molecule has 0 aromatic heterocycles. The zero-order valence-corrected chi connectivity index (χ0v) is 20.9. The molecule has 2 amide bonds. The van der Waals surface area contributed by atoms with Crippen LogP contribution in [-0.2, 0) is 14.3 Å². The number of methoxy groups -OCH3 is 1. The van der Waals surface area contributed by atoms with Gasteiger partial charge < -0.3 is 15.4 Å². The van der Waals surface area contributed by atoms with Crippen LogP contribution < -0.4 is 16.0 Å². The molecule has 2 aromatic carbocycles. The summed E-state index contributed by atoms with van der Waals surface area (Å²) >= 11 is 3.27. The Bertz CT molecular complexity index is 956. The highest BCUT2D eigenvalue weighted by Gasteiger charge is 2.25. The van der Waals surface area contributed by atoms with E-state index in [0.29, 0.717) is 29.0 Å². The normalized spacial score (nSPS) is 15.8. The Morgan fingerprint density at radius 1 is 1.21 bits per heavy atom. The minimum absolute atomic E-state index is 0. The predicted octanol–water partition coefficient (Wildman–Crippen LogP) is 3.40. The summed E-state index contributed by atoms with van der Waals surface area (Å²) in [6.07, 6.45) is 2.41. The summed E-state index contributed by atoms with van der Waals surface area (Å²) in [5, 5.41) is 8.89. The molecule has 178 valence electrons. The van der Waals surface area contributed by atoms with Crippen LogP contribution in [-0.4, -0.2) is 60.6 Å². The Labute approximate surface area is 208 Å². The number of ether oxygens (including phenoxy) is 1. The van der Waals surface area contributed by atoms with E-state index in [9.17, 15) is 14.4 Å². The summed E-state index contributed by atoms with van der Waals surface area (Å²) in [4.78, 5) is 37.8. The molecule has 10 heteroatoms. The minimum atomic E-state index is -0.728. The first-order valence-corrected chi connectivity index (χ1v) is 12.8. The van der Waals surface area contributed by atoms with Crippen molar-refractivity contribution < 1.29 is 19.1 Å². The second-order valence-electron chi connectivity index (χ2n) is 7.22. The molecule has 1 saturated heterocycles. The molecule has 0 spiro atoms. The van der Waals surface area contributed by atoms with Crippen molar-refractivity contribution in [3.63, 3.8) is 0 Å². The molecule has 0 aliphatic carbocycles. The van der Waals surface area contributed by atoms with Gasteiger partial charge in [0.25, 0.3) is 5.91 Å². The number of carbonyl (C=O) groups excluding carboxylic acids is 3. The Morgan fingerprint density at radius 3 is 2.61 bits per heavy atom. The van der Waals surface area contributed by atoms with E-state index in [-0.39, 0.29) is 30.3 Å². The van der Waals surface area contributed by atoms with Gasteiger partial charge in [-0.15, -0.1) is 24.2 Å². The summed E-state index contributed by atoms with van der Waals surface area (Å²) in [7, 11) is 1.31. The fraction of sp³-hybridized carbons (Fsp3) is 0.348. The van der Waals surface area contributed by atoms with Gasteiger partial charge in [-0.05, 0) is 47.8 Å². The van der Waals surface area contributed by atoms with E-state index in [1.54, 1.807) is 41.7 Å².